The lowest BCUT2D eigenvalue weighted by atomic mass is 10.0. The van der Waals surface area contributed by atoms with Crippen LogP contribution in [0.1, 0.15) is 148 Å². The van der Waals surface area contributed by atoms with Crippen molar-refractivity contribution in [2.24, 2.45) is 0 Å². The molecule has 34 heavy (non-hydrogen) atoms. The van der Waals surface area contributed by atoms with Crippen molar-refractivity contribution in [1.82, 2.24) is 0 Å². The van der Waals surface area contributed by atoms with Gasteiger partial charge in [0.2, 0.25) is 0 Å². The fourth-order valence-electron chi connectivity index (χ4n) is 4.26. The van der Waals surface area contributed by atoms with Crippen molar-refractivity contribution in [2.45, 2.75) is 148 Å². The molecule has 0 fully saturated rings. The third kappa shape index (κ3) is 30.4. The number of unbranched alkanes of at least 4 members (excludes halogenated alkanes) is 21. The molecule has 0 rings (SSSR count). The molecule has 0 aromatic carbocycles. The monoisotopic (exact) mass is 472 g/mol. The Morgan fingerprint density at radius 3 is 1.18 bits per heavy atom. The molecule has 0 saturated carbocycles. The van der Waals surface area contributed by atoms with Crippen molar-refractivity contribution in [1.29, 1.82) is 0 Å². The van der Waals surface area contributed by atoms with Gasteiger partial charge < -0.3 is 5.11 Å². The van der Waals surface area contributed by atoms with Crippen molar-refractivity contribution >= 4 is 5.97 Å². The largest absolute Gasteiger partial charge is 0.478 e. The standard InChI is InChI=1S/C32H56O2/c1-2-3-4-5-6-7-8-9-10-11-12-13-14-15-16-17-18-19-20-21-22-23-24-25-26-27-28-29-30-31-32(33)34/h24-31H,2-23H2,1H3,(H,33,34). The SMILES string of the molecule is CCCCCCCCCCCCCCCCCCCCCCCC=CC=CC=CC=CC(=O)O. The smallest absolute Gasteiger partial charge is 0.328 e. The molecule has 0 aliphatic heterocycles. The topological polar surface area (TPSA) is 37.3 Å². The van der Waals surface area contributed by atoms with Gasteiger partial charge in [-0.3, -0.25) is 0 Å². The number of allylic oxidation sites excluding steroid dienone is 7. The molecule has 0 atom stereocenters. The van der Waals surface area contributed by atoms with Gasteiger partial charge in [-0.15, -0.1) is 0 Å². The Balaban J connectivity index is 3.18. The van der Waals surface area contributed by atoms with Crippen LogP contribution in [0.25, 0.3) is 0 Å². The van der Waals surface area contributed by atoms with Crippen LogP contribution in [-0.4, -0.2) is 11.1 Å². The van der Waals surface area contributed by atoms with Crippen molar-refractivity contribution in [3.05, 3.63) is 48.6 Å². The zero-order valence-corrected chi connectivity index (χ0v) is 22.5. The maximum Gasteiger partial charge on any atom is 0.328 e. The molecule has 0 aromatic heterocycles. The second-order valence-electron chi connectivity index (χ2n) is 9.76. The van der Waals surface area contributed by atoms with E-state index < -0.39 is 5.97 Å². The van der Waals surface area contributed by atoms with Gasteiger partial charge >= 0.3 is 5.97 Å². The zero-order valence-electron chi connectivity index (χ0n) is 22.5. The minimum atomic E-state index is -0.918. The Bertz CT molecular complexity index is 527. The van der Waals surface area contributed by atoms with E-state index in [0.29, 0.717) is 0 Å². The lowest BCUT2D eigenvalue weighted by molar-refractivity contribution is -0.131. The lowest BCUT2D eigenvalue weighted by Gasteiger charge is -2.04. The highest BCUT2D eigenvalue weighted by Gasteiger charge is 1.95. The molecule has 0 heterocycles. The minimum Gasteiger partial charge on any atom is -0.478 e. The van der Waals surface area contributed by atoms with Gasteiger partial charge in [-0.1, -0.05) is 178 Å². The van der Waals surface area contributed by atoms with Crippen LogP contribution >= 0.6 is 0 Å². The number of carboxylic acid groups (broad SMARTS) is 1. The molecule has 0 spiro atoms. The quantitative estimate of drug-likeness (QED) is 0.0772. The molecule has 0 unspecified atom stereocenters. The molecular weight excluding hydrogens is 416 g/mol. The number of rotatable bonds is 26. The number of aliphatic carboxylic acids is 1. The van der Waals surface area contributed by atoms with Crippen molar-refractivity contribution < 1.29 is 9.90 Å². The van der Waals surface area contributed by atoms with Crippen LogP contribution in [0.4, 0.5) is 0 Å². The second kappa shape index (κ2) is 29.5. The summed E-state index contributed by atoms with van der Waals surface area (Å²) in [6, 6.07) is 0. The highest BCUT2D eigenvalue weighted by atomic mass is 16.4. The summed E-state index contributed by atoms with van der Waals surface area (Å²) in [5.41, 5.74) is 0. The highest BCUT2D eigenvalue weighted by molar-refractivity contribution is 5.80. The molecule has 0 bridgehead atoms. The van der Waals surface area contributed by atoms with E-state index in [0.717, 1.165) is 12.5 Å². The van der Waals surface area contributed by atoms with Gasteiger partial charge in [0.1, 0.15) is 0 Å². The Labute approximate surface area is 212 Å². The van der Waals surface area contributed by atoms with Crippen molar-refractivity contribution in [3.63, 3.8) is 0 Å². The molecule has 0 saturated heterocycles. The first-order chi connectivity index (χ1) is 16.8. The van der Waals surface area contributed by atoms with E-state index in [1.165, 1.54) is 141 Å². The molecule has 0 aromatic rings. The lowest BCUT2D eigenvalue weighted by Crippen LogP contribution is -1.84. The summed E-state index contributed by atoms with van der Waals surface area (Å²) in [5, 5.41) is 8.46. The highest BCUT2D eigenvalue weighted by Crippen LogP contribution is 2.15. The summed E-state index contributed by atoms with van der Waals surface area (Å²) in [4.78, 5) is 10.3. The molecule has 196 valence electrons. The van der Waals surface area contributed by atoms with Crippen LogP contribution in [0.2, 0.25) is 0 Å². The Morgan fingerprint density at radius 2 is 0.794 bits per heavy atom. The van der Waals surface area contributed by atoms with Crippen LogP contribution in [0, 0.1) is 0 Å². The molecule has 0 amide bonds. The Hall–Kier alpha value is -1.57. The molecule has 1 N–H and O–H groups in total. The Morgan fingerprint density at radius 1 is 0.471 bits per heavy atom. The van der Waals surface area contributed by atoms with Gasteiger partial charge in [0.05, 0.1) is 0 Å². The van der Waals surface area contributed by atoms with Crippen LogP contribution in [0.15, 0.2) is 48.6 Å². The number of carboxylic acids is 1. The summed E-state index contributed by atoms with van der Waals surface area (Å²) >= 11 is 0. The van der Waals surface area contributed by atoms with Crippen LogP contribution in [0.5, 0.6) is 0 Å². The Kier molecular flexibility index (Phi) is 28.1. The average Bonchev–Trinajstić information content (AvgIpc) is 2.83. The number of carbonyl (C=O) groups is 1. The van der Waals surface area contributed by atoms with E-state index >= 15 is 0 Å². The first kappa shape index (κ1) is 32.4. The maximum absolute atomic E-state index is 10.3. The molecule has 2 nitrogen and oxygen atoms in total. The third-order valence-electron chi connectivity index (χ3n) is 6.40. The summed E-state index contributed by atoms with van der Waals surface area (Å²) in [5.74, 6) is -0.918. The molecule has 0 aliphatic rings. The van der Waals surface area contributed by atoms with Crippen LogP contribution in [-0.2, 0) is 4.79 Å². The van der Waals surface area contributed by atoms with E-state index in [4.69, 9.17) is 5.11 Å². The van der Waals surface area contributed by atoms with E-state index in [9.17, 15) is 4.79 Å². The number of hydrogen-bond acceptors (Lipinski definition) is 1. The zero-order chi connectivity index (χ0) is 24.8. The van der Waals surface area contributed by atoms with E-state index in [1.807, 2.05) is 18.2 Å². The fraction of sp³-hybridized carbons (Fsp3) is 0.719. The third-order valence-corrected chi connectivity index (χ3v) is 6.40. The molecule has 0 aliphatic carbocycles. The first-order valence-corrected chi connectivity index (χ1v) is 14.7. The summed E-state index contributed by atoms with van der Waals surface area (Å²) in [6.07, 6.45) is 45.5. The van der Waals surface area contributed by atoms with Gasteiger partial charge in [0.25, 0.3) is 0 Å². The second-order valence-corrected chi connectivity index (χ2v) is 9.76. The molecule has 2 heteroatoms. The van der Waals surface area contributed by atoms with Crippen molar-refractivity contribution in [2.75, 3.05) is 0 Å². The van der Waals surface area contributed by atoms with Gasteiger partial charge in [-0.05, 0) is 12.8 Å². The van der Waals surface area contributed by atoms with E-state index in [-0.39, 0.29) is 0 Å². The van der Waals surface area contributed by atoms with Gasteiger partial charge in [-0.25, -0.2) is 4.79 Å². The summed E-state index contributed by atoms with van der Waals surface area (Å²) < 4.78 is 0. The predicted molar refractivity (Wildman–Crippen MR) is 151 cm³/mol. The summed E-state index contributed by atoms with van der Waals surface area (Å²) in [6.45, 7) is 2.29. The van der Waals surface area contributed by atoms with Crippen molar-refractivity contribution in [3.8, 4) is 0 Å². The summed E-state index contributed by atoms with van der Waals surface area (Å²) in [7, 11) is 0. The first-order valence-electron chi connectivity index (χ1n) is 14.7. The van der Waals surface area contributed by atoms with E-state index in [1.54, 1.807) is 6.08 Å². The fourth-order valence-corrected chi connectivity index (χ4v) is 4.26. The van der Waals surface area contributed by atoms with Gasteiger partial charge in [-0.2, -0.15) is 0 Å². The van der Waals surface area contributed by atoms with Crippen LogP contribution in [0.3, 0.4) is 0 Å². The van der Waals surface area contributed by atoms with Crippen LogP contribution < -0.4 is 0 Å². The molecular formula is C32H56O2. The molecule has 0 radical (unpaired) electrons. The predicted octanol–water partition coefficient (Wildman–Crippen LogP) is 10.9. The van der Waals surface area contributed by atoms with Gasteiger partial charge in [0, 0.05) is 6.08 Å². The number of hydrogen-bond donors (Lipinski definition) is 1. The van der Waals surface area contributed by atoms with Gasteiger partial charge in [0.15, 0.2) is 0 Å². The normalized spacial score (nSPS) is 12.3. The average molecular weight is 473 g/mol. The van der Waals surface area contributed by atoms with E-state index in [2.05, 4.69) is 19.1 Å². The minimum absolute atomic E-state index is 0.918. The maximum atomic E-state index is 10.3.